The van der Waals surface area contributed by atoms with Crippen LogP contribution in [0.5, 0.6) is 11.5 Å². The molecule has 0 radical (unpaired) electrons. The van der Waals surface area contributed by atoms with E-state index in [1.807, 2.05) is 30.3 Å². The van der Waals surface area contributed by atoms with Gasteiger partial charge < -0.3 is 20.1 Å². The van der Waals surface area contributed by atoms with Crippen LogP contribution in [0.3, 0.4) is 0 Å². The molecular weight excluding hydrogens is 404 g/mol. The number of thioether (sulfide) groups is 1. The van der Waals surface area contributed by atoms with Crippen LogP contribution in [0.15, 0.2) is 59.6 Å². The molecule has 0 spiro atoms. The number of aromatic nitrogens is 2. The molecule has 0 atom stereocenters. The number of hydrogen-bond acceptors (Lipinski definition) is 7. The lowest BCUT2D eigenvalue weighted by molar-refractivity contribution is -0.114. The molecule has 2 aromatic carbocycles. The van der Waals surface area contributed by atoms with Crippen LogP contribution in [0, 0.1) is 0 Å². The highest BCUT2D eigenvalue weighted by Gasteiger charge is 2.14. The second kappa shape index (κ2) is 8.83. The van der Waals surface area contributed by atoms with Gasteiger partial charge in [-0.3, -0.25) is 9.59 Å². The summed E-state index contributed by atoms with van der Waals surface area (Å²) in [6.45, 7) is 1.65. The third-order valence-electron chi connectivity index (χ3n) is 4.13. The van der Waals surface area contributed by atoms with Crippen molar-refractivity contribution in [3.8, 4) is 22.8 Å². The number of amides is 2. The number of rotatable bonds is 6. The van der Waals surface area contributed by atoms with Crippen molar-refractivity contribution in [3.05, 3.63) is 54.6 Å². The largest absolute Gasteiger partial charge is 0.454 e. The van der Waals surface area contributed by atoms with E-state index < -0.39 is 0 Å². The fraction of sp³-hybridized carbons (Fsp3) is 0.143. The molecule has 0 bridgehead atoms. The van der Waals surface area contributed by atoms with Gasteiger partial charge >= 0.3 is 0 Å². The molecule has 0 unspecified atom stereocenters. The molecule has 30 heavy (non-hydrogen) atoms. The maximum atomic E-state index is 12.2. The number of carbonyl (C=O) groups excluding carboxylic acids is 2. The molecule has 1 aliphatic heterocycles. The van der Waals surface area contributed by atoms with Gasteiger partial charge in [0.05, 0.1) is 11.4 Å². The lowest BCUT2D eigenvalue weighted by Crippen LogP contribution is -2.14. The van der Waals surface area contributed by atoms with Crippen molar-refractivity contribution in [2.75, 3.05) is 23.2 Å². The molecule has 2 heterocycles. The number of hydrogen-bond donors (Lipinski definition) is 2. The van der Waals surface area contributed by atoms with E-state index in [9.17, 15) is 9.59 Å². The third-order valence-corrected chi connectivity index (χ3v) is 5.05. The van der Waals surface area contributed by atoms with Gasteiger partial charge in [-0.15, -0.1) is 10.2 Å². The number of ether oxygens (including phenoxy) is 2. The topological polar surface area (TPSA) is 102 Å². The Labute approximate surface area is 177 Å². The van der Waals surface area contributed by atoms with E-state index in [0.29, 0.717) is 33.6 Å². The van der Waals surface area contributed by atoms with Crippen LogP contribution in [0.1, 0.15) is 6.92 Å². The van der Waals surface area contributed by atoms with Gasteiger partial charge in [0.2, 0.25) is 18.6 Å². The molecule has 0 saturated carbocycles. The van der Waals surface area contributed by atoms with Gasteiger partial charge in [0.25, 0.3) is 0 Å². The van der Waals surface area contributed by atoms with Crippen LogP contribution in [0.4, 0.5) is 11.4 Å². The van der Waals surface area contributed by atoms with Gasteiger partial charge in [-0.25, -0.2) is 0 Å². The van der Waals surface area contributed by atoms with E-state index in [2.05, 4.69) is 20.8 Å². The monoisotopic (exact) mass is 422 g/mol. The molecule has 0 fully saturated rings. The molecule has 0 aliphatic carbocycles. The predicted molar refractivity (Wildman–Crippen MR) is 114 cm³/mol. The average molecular weight is 422 g/mol. The summed E-state index contributed by atoms with van der Waals surface area (Å²) >= 11 is 1.29. The zero-order valence-corrected chi connectivity index (χ0v) is 16.9. The third kappa shape index (κ3) is 4.87. The van der Waals surface area contributed by atoms with Gasteiger partial charge in [-0.2, -0.15) is 0 Å². The number of benzene rings is 2. The second-order valence-corrected chi connectivity index (χ2v) is 7.42. The summed E-state index contributed by atoms with van der Waals surface area (Å²) in [4.78, 5) is 23.4. The highest BCUT2D eigenvalue weighted by Crippen LogP contribution is 2.35. The first-order valence-corrected chi connectivity index (χ1v) is 10.1. The maximum Gasteiger partial charge on any atom is 0.234 e. The number of fused-ring (bicyclic) bond motifs is 1. The minimum atomic E-state index is -0.179. The Kier molecular flexibility index (Phi) is 5.80. The highest BCUT2D eigenvalue weighted by atomic mass is 32.2. The summed E-state index contributed by atoms with van der Waals surface area (Å²) in [5.74, 6) is 1.24. The van der Waals surface area contributed by atoms with E-state index in [4.69, 9.17) is 9.47 Å². The van der Waals surface area contributed by atoms with Gasteiger partial charge in [0, 0.05) is 23.9 Å². The van der Waals surface area contributed by atoms with Crippen molar-refractivity contribution >= 4 is 35.0 Å². The highest BCUT2D eigenvalue weighted by molar-refractivity contribution is 7.99. The molecule has 2 amide bonds. The quantitative estimate of drug-likeness (QED) is 0.586. The van der Waals surface area contributed by atoms with Crippen molar-refractivity contribution < 1.29 is 19.1 Å². The average Bonchev–Trinajstić information content (AvgIpc) is 3.20. The normalized spacial score (nSPS) is 11.8. The Morgan fingerprint density at radius 1 is 0.967 bits per heavy atom. The van der Waals surface area contributed by atoms with Gasteiger partial charge in [0.15, 0.2) is 11.5 Å². The number of nitrogens with zero attached hydrogens (tertiary/aromatic N) is 2. The van der Waals surface area contributed by atoms with Crippen molar-refractivity contribution in [2.45, 2.75) is 11.9 Å². The fourth-order valence-electron chi connectivity index (χ4n) is 2.82. The lowest BCUT2D eigenvalue weighted by atomic mass is 10.1. The fourth-order valence-corrected chi connectivity index (χ4v) is 3.44. The van der Waals surface area contributed by atoms with Crippen molar-refractivity contribution in [3.63, 3.8) is 0 Å². The first-order valence-electron chi connectivity index (χ1n) is 9.11. The predicted octanol–water partition coefficient (Wildman–Crippen LogP) is 3.56. The summed E-state index contributed by atoms with van der Waals surface area (Å²) in [5.41, 5.74) is 2.81. The number of anilines is 2. The second-order valence-electron chi connectivity index (χ2n) is 6.42. The van der Waals surface area contributed by atoms with Crippen molar-refractivity contribution in [1.82, 2.24) is 10.2 Å². The molecule has 9 heteroatoms. The molecule has 8 nitrogen and oxygen atoms in total. The van der Waals surface area contributed by atoms with E-state index in [1.165, 1.54) is 18.7 Å². The standard InChI is InChI=1S/C21H18N4O4S/c1-13(26)22-15-3-2-4-16(10-15)23-20(27)11-30-21-8-6-17(24-25-21)14-5-7-18-19(9-14)29-12-28-18/h2-10H,11-12H2,1H3,(H,22,26)(H,23,27). The summed E-state index contributed by atoms with van der Waals surface area (Å²) in [5, 5.41) is 14.5. The Morgan fingerprint density at radius 3 is 2.53 bits per heavy atom. The van der Waals surface area contributed by atoms with E-state index in [-0.39, 0.29) is 24.4 Å². The van der Waals surface area contributed by atoms with Gasteiger partial charge in [-0.1, -0.05) is 17.8 Å². The number of carbonyl (C=O) groups is 2. The molecule has 152 valence electrons. The Bertz CT molecular complexity index is 1090. The SMILES string of the molecule is CC(=O)Nc1cccc(NC(=O)CSc2ccc(-c3ccc4c(c3)OCO4)nn2)c1. The first kappa shape index (κ1) is 19.7. The van der Waals surface area contributed by atoms with E-state index in [0.717, 1.165) is 5.56 Å². The number of nitrogens with one attached hydrogen (secondary N) is 2. The summed E-state index contributed by atoms with van der Waals surface area (Å²) in [6, 6.07) is 16.2. The molecular formula is C21H18N4O4S. The van der Waals surface area contributed by atoms with Crippen LogP contribution in [-0.4, -0.2) is 34.6 Å². The van der Waals surface area contributed by atoms with E-state index >= 15 is 0 Å². The molecule has 0 saturated heterocycles. The minimum absolute atomic E-state index is 0.170. The Hall–Kier alpha value is -3.59. The molecule has 4 rings (SSSR count). The summed E-state index contributed by atoms with van der Waals surface area (Å²) < 4.78 is 10.7. The van der Waals surface area contributed by atoms with Crippen LogP contribution >= 0.6 is 11.8 Å². The van der Waals surface area contributed by atoms with Crippen molar-refractivity contribution in [1.29, 1.82) is 0 Å². The molecule has 2 N–H and O–H groups in total. The molecule has 3 aromatic rings. The van der Waals surface area contributed by atoms with Crippen LogP contribution in [0.25, 0.3) is 11.3 Å². The smallest absolute Gasteiger partial charge is 0.234 e. The van der Waals surface area contributed by atoms with Crippen LogP contribution < -0.4 is 20.1 Å². The zero-order valence-electron chi connectivity index (χ0n) is 16.0. The summed E-state index contributed by atoms with van der Waals surface area (Å²) in [7, 11) is 0. The first-order chi connectivity index (χ1) is 14.6. The van der Waals surface area contributed by atoms with E-state index in [1.54, 1.807) is 24.3 Å². The lowest BCUT2D eigenvalue weighted by Gasteiger charge is -2.08. The maximum absolute atomic E-state index is 12.2. The van der Waals surface area contributed by atoms with Gasteiger partial charge in [0.1, 0.15) is 5.03 Å². The summed E-state index contributed by atoms with van der Waals surface area (Å²) in [6.07, 6.45) is 0. The Balaban J connectivity index is 1.33. The Morgan fingerprint density at radius 2 is 1.77 bits per heavy atom. The van der Waals surface area contributed by atoms with Crippen LogP contribution in [-0.2, 0) is 9.59 Å². The van der Waals surface area contributed by atoms with Crippen molar-refractivity contribution in [2.24, 2.45) is 0 Å². The van der Waals surface area contributed by atoms with Crippen LogP contribution in [0.2, 0.25) is 0 Å². The van der Waals surface area contributed by atoms with Gasteiger partial charge in [-0.05, 0) is 48.5 Å². The minimum Gasteiger partial charge on any atom is -0.454 e. The molecule has 1 aliphatic rings. The molecule has 1 aromatic heterocycles. The zero-order chi connectivity index (χ0) is 20.9.